The number of allylic oxidation sites excluding steroid dienone is 1. The minimum atomic E-state index is -0.305. The van der Waals surface area contributed by atoms with Gasteiger partial charge in [0.25, 0.3) is 0 Å². The number of carbonyl (C=O) groups is 1. The molecule has 0 unspecified atom stereocenters. The third-order valence-corrected chi connectivity index (χ3v) is 5.10. The first-order valence-corrected chi connectivity index (χ1v) is 9.75. The van der Waals surface area contributed by atoms with Gasteiger partial charge >= 0.3 is 0 Å². The molecule has 0 N–H and O–H groups in total. The largest absolute Gasteiger partial charge is 0.493 e. The Morgan fingerprint density at radius 1 is 1.10 bits per heavy atom. The van der Waals surface area contributed by atoms with E-state index in [4.69, 9.17) is 25.8 Å². The van der Waals surface area contributed by atoms with Crippen molar-refractivity contribution < 1.29 is 23.4 Å². The minimum Gasteiger partial charge on any atom is -0.493 e. The molecular weight excluding hydrogens is 423 g/mol. The van der Waals surface area contributed by atoms with Crippen LogP contribution in [0.25, 0.3) is 6.08 Å². The summed E-state index contributed by atoms with van der Waals surface area (Å²) in [4.78, 5) is 12.8. The zero-order valence-corrected chi connectivity index (χ0v) is 18.4. The first-order chi connectivity index (χ1) is 14.9. The second-order valence-corrected chi connectivity index (χ2v) is 7.04. The maximum atomic E-state index is 13.1. The van der Waals surface area contributed by atoms with E-state index in [1.165, 1.54) is 39.5 Å². The molecule has 3 aromatic rings. The Balaban J connectivity index is 1.86. The van der Waals surface area contributed by atoms with Gasteiger partial charge in [-0.05, 0) is 48.9 Å². The van der Waals surface area contributed by atoms with E-state index in [-0.39, 0.29) is 11.6 Å². The van der Waals surface area contributed by atoms with Crippen molar-refractivity contribution in [3.05, 3.63) is 75.8 Å². The predicted octanol–water partition coefficient (Wildman–Crippen LogP) is 4.95. The molecule has 0 aliphatic heterocycles. The van der Waals surface area contributed by atoms with Crippen LogP contribution in [-0.4, -0.2) is 36.9 Å². The van der Waals surface area contributed by atoms with Crippen LogP contribution >= 0.6 is 11.6 Å². The number of hydrogen-bond donors (Lipinski definition) is 0. The van der Waals surface area contributed by atoms with Crippen molar-refractivity contribution in [2.24, 2.45) is 0 Å². The van der Waals surface area contributed by atoms with Crippen LogP contribution in [0.3, 0.4) is 0 Å². The Labute approximate surface area is 184 Å². The normalized spacial score (nSPS) is 11.0. The van der Waals surface area contributed by atoms with Crippen LogP contribution in [0, 0.1) is 12.7 Å². The van der Waals surface area contributed by atoms with Gasteiger partial charge in [0.05, 0.1) is 33.6 Å². The average molecular weight is 445 g/mol. The quantitative estimate of drug-likeness (QED) is 0.363. The minimum absolute atomic E-state index is 0.263. The van der Waals surface area contributed by atoms with E-state index in [2.05, 4.69) is 5.10 Å². The smallest absolute Gasteiger partial charge is 0.203 e. The highest BCUT2D eigenvalue weighted by molar-refractivity contribution is 6.31. The molecule has 2 aromatic carbocycles. The van der Waals surface area contributed by atoms with E-state index in [1.807, 2.05) is 0 Å². The molecule has 1 aromatic heterocycles. The summed E-state index contributed by atoms with van der Waals surface area (Å²) in [6.45, 7) is 2.19. The van der Waals surface area contributed by atoms with Gasteiger partial charge in [0.1, 0.15) is 11.0 Å². The standard InChI is InChI=1S/C23H22ClFN2O4/c1-14-18(23(24)27(26-14)13-15-5-7-17(25)8-6-15)9-10-19(28)16-11-20(29-2)22(31-4)21(12-16)30-3/h5-12H,13H2,1-4H3/b10-9+. The molecular formula is C23H22ClFN2O4. The van der Waals surface area contributed by atoms with Gasteiger partial charge in [-0.2, -0.15) is 5.10 Å². The number of hydrogen-bond acceptors (Lipinski definition) is 5. The summed E-state index contributed by atoms with van der Waals surface area (Å²) in [7, 11) is 4.47. The fraction of sp³-hybridized carbons (Fsp3) is 0.217. The van der Waals surface area contributed by atoms with Crippen molar-refractivity contribution in [2.75, 3.05) is 21.3 Å². The first kappa shape index (κ1) is 22.4. The Kier molecular flexibility index (Phi) is 6.97. The molecule has 8 heteroatoms. The number of aryl methyl sites for hydroxylation is 1. The van der Waals surface area contributed by atoms with Crippen molar-refractivity contribution in [3.8, 4) is 17.2 Å². The molecule has 1 heterocycles. The van der Waals surface area contributed by atoms with E-state index in [1.54, 1.807) is 41.9 Å². The highest BCUT2D eigenvalue weighted by Gasteiger charge is 2.17. The van der Waals surface area contributed by atoms with Crippen molar-refractivity contribution in [1.29, 1.82) is 0 Å². The van der Waals surface area contributed by atoms with Gasteiger partial charge in [0.2, 0.25) is 5.75 Å². The van der Waals surface area contributed by atoms with Crippen LogP contribution in [-0.2, 0) is 6.54 Å². The van der Waals surface area contributed by atoms with Crippen LogP contribution in [0.5, 0.6) is 17.2 Å². The number of nitrogens with zero attached hydrogens (tertiary/aromatic N) is 2. The number of ether oxygens (including phenoxy) is 3. The highest BCUT2D eigenvalue weighted by atomic mass is 35.5. The van der Waals surface area contributed by atoms with Crippen LogP contribution < -0.4 is 14.2 Å². The highest BCUT2D eigenvalue weighted by Crippen LogP contribution is 2.38. The number of aromatic nitrogens is 2. The van der Waals surface area contributed by atoms with Gasteiger partial charge in [-0.15, -0.1) is 0 Å². The summed E-state index contributed by atoms with van der Waals surface area (Å²) in [5.41, 5.74) is 2.53. The number of benzene rings is 2. The summed E-state index contributed by atoms with van der Waals surface area (Å²) in [6.07, 6.45) is 3.04. The fourth-order valence-corrected chi connectivity index (χ4v) is 3.40. The lowest BCUT2D eigenvalue weighted by molar-refractivity contribution is 0.104. The molecule has 31 heavy (non-hydrogen) atoms. The molecule has 0 radical (unpaired) electrons. The molecule has 162 valence electrons. The number of ketones is 1. The van der Waals surface area contributed by atoms with E-state index in [0.29, 0.717) is 45.8 Å². The fourth-order valence-electron chi connectivity index (χ4n) is 3.10. The van der Waals surface area contributed by atoms with E-state index in [0.717, 1.165) is 5.56 Å². The van der Waals surface area contributed by atoms with E-state index < -0.39 is 0 Å². The second kappa shape index (κ2) is 9.66. The van der Waals surface area contributed by atoms with Gasteiger partial charge in [-0.3, -0.25) is 4.79 Å². The molecule has 0 saturated carbocycles. The summed E-state index contributed by atoms with van der Waals surface area (Å²) >= 11 is 6.48. The summed E-state index contributed by atoms with van der Waals surface area (Å²) < 4.78 is 30.6. The molecule has 6 nitrogen and oxygen atoms in total. The molecule has 0 bridgehead atoms. The molecule has 0 amide bonds. The van der Waals surface area contributed by atoms with Gasteiger partial charge in [0, 0.05) is 11.1 Å². The zero-order chi connectivity index (χ0) is 22.5. The zero-order valence-electron chi connectivity index (χ0n) is 17.6. The van der Waals surface area contributed by atoms with Gasteiger partial charge in [-0.25, -0.2) is 9.07 Å². The summed E-state index contributed by atoms with van der Waals surface area (Å²) in [5, 5.41) is 4.81. The van der Waals surface area contributed by atoms with Gasteiger partial charge in [0.15, 0.2) is 17.3 Å². The molecule has 0 saturated heterocycles. The number of methoxy groups -OCH3 is 3. The maximum Gasteiger partial charge on any atom is 0.203 e. The molecule has 0 fully saturated rings. The van der Waals surface area contributed by atoms with E-state index in [9.17, 15) is 9.18 Å². The number of rotatable bonds is 8. The van der Waals surface area contributed by atoms with Crippen molar-refractivity contribution in [2.45, 2.75) is 13.5 Å². The summed E-state index contributed by atoms with van der Waals surface area (Å²) in [5.74, 6) is 0.618. The molecule has 3 rings (SSSR count). The van der Waals surface area contributed by atoms with Crippen molar-refractivity contribution in [1.82, 2.24) is 9.78 Å². The Morgan fingerprint density at radius 2 is 1.71 bits per heavy atom. The lowest BCUT2D eigenvalue weighted by atomic mass is 10.1. The predicted molar refractivity (Wildman–Crippen MR) is 117 cm³/mol. The topological polar surface area (TPSA) is 62.6 Å². The Bertz CT molecular complexity index is 1100. The molecule has 0 atom stereocenters. The monoisotopic (exact) mass is 444 g/mol. The van der Waals surface area contributed by atoms with Crippen LogP contribution in [0.15, 0.2) is 42.5 Å². The lowest BCUT2D eigenvalue weighted by Gasteiger charge is -2.13. The number of carbonyl (C=O) groups excluding carboxylic acids is 1. The van der Waals surface area contributed by atoms with Crippen LogP contribution in [0.1, 0.15) is 27.2 Å². The van der Waals surface area contributed by atoms with Gasteiger partial charge in [-0.1, -0.05) is 23.7 Å². The summed E-state index contributed by atoms with van der Waals surface area (Å²) in [6, 6.07) is 9.28. The van der Waals surface area contributed by atoms with E-state index >= 15 is 0 Å². The Hall–Kier alpha value is -3.32. The Morgan fingerprint density at radius 3 is 2.26 bits per heavy atom. The molecule has 0 spiro atoms. The second-order valence-electron chi connectivity index (χ2n) is 6.69. The first-order valence-electron chi connectivity index (χ1n) is 9.37. The maximum absolute atomic E-state index is 13.1. The van der Waals surface area contributed by atoms with Crippen molar-refractivity contribution >= 4 is 23.5 Å². The SMILES string of the molecule is COc1cc(C(=O)/C=C/c2c(C)nn(Cc3ccc(F)cc3)c2Cl)cc(OC)c1OC. The molecule has 0 aliphatic carbocycles. The third-order valence-electron chi connectivity index (χ3n) is 4.71. The molecule has 0 aliphatic rings. The van der Waals surface area contributed by atoms with Crippen LogP contribution in [0.2, 0.25) is 5.15 Å². The third kappa shape index (κ3) is 4.88. The average Bonchev–Trinajstić information content (AvgIpc) is 3.04. The lowest BCUT2D eigenvalue weighted by Crippen LogP contribution is -2.02. The van der Waals surface area contributed by atoms with Gasteiger partial charge < -0.3 is 14.2 Å². The number of halogens is 2. The van der Waals surface area contributed by atoms with Crippen LogP contribution in [0.4, 0.5) is 4.39 Å². The van der Waals surface area contributed by atoms with Crippen molar-refractivity contribution in [3.63, 3.8) is 0 Å².